The number of carboxylic acid groups (broad SMARTS) is 1. The molecule has 0 bridgehead atoms. The molecule has 0 saturated heterocycles. The van der Waals surface area contributed by atoms with Gasteiger partial charge in [0.25, 0.3) is 6.43 Å². The first-order valence-electron chi connectivity index (χ1n) is 10.7. The Morgan fingerprint density at radius 3 is 2.06 bits per heavy atom. The molecular weight excluding hydrogens is 434 g/mol. The van der Waals surface area contributed by atoms with Gasteiger partial charge >= 0.3 is 12.1 Å². The lowest BCUT2D eigenvalue weighted by Gasteiger charge is -2.21. The molecule has 33 heavy (non-hydrogen) atoms. The Kier molecular flexibility index (Phi) is 7.97. The molecule has 1 aliphatic carbocycles. The Labute approximate surface area is 190 Å². The van der Waals surface area contributed by atoms with E-state index in [0.717, 1.165) is 22.3 Å². The number of hydrogen-bond donors (Lipinski definition) is 3. The molecule has 2 aromatic carbocycles. The molecule has 0 saturated carbocycles. The van der Waals surface area contributed by atoms with Crippen molar-refractivity contribution in [1.29, 1.82) is 0 Å². The summed E-state index contributed by atoms with van der Waals surface area (Å²) < 4.78 is 32.1. The number of rotatable bonds is 10. The van der Waals surface area contributed by atoms with E-state index in [1.807, 2.05) is 48.5 Å². The molecule has 0 fully saturated rings. The van der Waals surface area contributed by atoms with Crippen LogP contribution < -0.4 is 10.6 Å². The third-order valence-electron chi connectivity index (χ3n) is 5.64. The van der Waals surface area contributed by atoms with Crippen molar-refractivity contribution in [2.75, 3.05) is 6.61 Å². The fourth-order valence-electron chi connectivity index (χ4n) is 3.99. The minimum atomic E-state index is -3.00. The van der Waals surface area contributed by atoms with Gasteiger partial charge in [0.05, 0.1) is 12.8 Å². The summed E-state index contributed by atoms with van der Waals surface area (Å²) >= 11 is 0. The number of carboxylic acids is 1. The second-order valence-corrected chi connectivity index (χ2v) is 7.89. The van der Waals surface area contributed by atoms with E-state index in [9.17, 15) is 23.2 Å². The minimum absolute atomic E-state index is 0.0431. The molecule has 0 aliphatic heterocycles. The Hall–Kier alpha value is -3.49. The van der Waals surface area contributed by atoms with E-state index in [4.69, 9.17) is 9.84 Å². The maximum absolute atomic E-state index is 13.4. The predicted octanol–water partition coefficient (Wildman–Crippen LogP) is 3.92. The van der Waals surface area contributed by atoms with Gasteiger partial charge in [-0.15, -0.1) is 0 Å². The number of halogens is 2. The standard InChI is InChI=1S/C24H26F2N2O5/c1-2-14(11-22(30)31)27-21(29)12-20(23(25)26)28-24(32)33-13-19-17-9-5-3-7-15(17)16-8-4-6-10-18(16)19/h3-10,14,19-20,23H,2,11-13H2,1H3,(H,27,29)(H,28,32)(H,30,31)/t14-,20?/m1/s1. The smallest absolute Gasteiger partial charge is 0.407 e. The van der Waals surface area contributed by atoms with Gasteiger partial charge < -0.3 is 20.5 Å². The summed E-state index contributed by atoms with van der Waals surface area (Å²) in [5.41, 5.74) is 4.05. The topological polar surface area (TPSA) is 105 Å². The number of alkyl carbamates (subject to hydrolysis) is 1. The van der Waals surface area contributed by atoms with E-state index < -0.39 is 42.9 Å². The van der Waals surface area contributed by atoms with Gasteiger partial charge in [0.1, 0.15) is 12.6 Å². The number of amides is 2. The van der Waals surface area contributed by atoms with E-state index in [1.165, 1.54) is 0 Å². The molecule has 0 aromatic heterocycles. The predicted molar refractivity (Wildman–Crippen MR) is 117 cm³/mol. The first kappa shape index (κ1) is 24.2. The first-order chi connectivity index (χ1) is 15.8. The van der Waals surface area contributed by atoms with Gasteiger partial charge in [-0.2, -0.15) is 0 Å². The van der Waals surface area contributed by atoms with Crippen LogP contribution in [-0.4, -0.2) is 48.2 Å². The van der Waals surface area contributed by atoms with E-state index in [0.29, 0.717) is 6.42 Å². The molecule has 1 unspecified atom stereocenters. The Bertz CT molecular complexity index is 968. The molecule has 0 spiro atoms. The summed E-state index contributed by atoms with van der Waals surface area (Å²) in [4.78, 5) is 35.2. The van der Waals surface area contributed by atoms with Gasteiger partial charge in [0.2, 0.25) is 5.91 Å². The number of aliphatic carboxylic acids is 1. The van der Waals surface area contributed by atoms with Crippen LogP contribution in [0.2, 0.25) is 0 Å². The number of carbonyl (C=O) groups is 3. The van der Waals surface area contributed by atoms with E-state index in [2.05, 4.69) is 10.6 Å². The fraction of sp³-hybridized carbons (Fsp3) is 0.375. The summed E-state index contributed by atoms with van der Waals surface area (Å²) in [5.74, 6) is -2.10. The molecule has 2 aromatic rings. The second kappa shape index (κ2) is 10.9. The van der Waals surface area contributed by atoms with E-state index in [1.54, 1.807) is 6.92 Å². The van der Waals surface area contributed by atoms with Crippen molar-refractivity contribution in [2.45, 2.75) is 50.6 Å². The number of hydrogen-bond acceptors (Lipinski definition) is 4. The van der Waals surface area contributed by atoms with Gasteiger partial charge in [0, 0.05) is 12.0 Å². The highest BCUT2D eigenvalue weighted by Crippen LogP contribution is 2.44. The summed E-state index contributed by atoms with van der Waals surface area (Å²) in [6, 6.07) is 13.0. The molecule has 9 heteroatoms. The molecule has 3 rings (SSSR count). The summed E-state index contributed by atoms with van der Waals surface area (Å²) in [6.45, 7) is 1.63. The zero-order chi connectivity index (χ0) is 24.0. The fourth-order valence-corrected chi connectivity index (χ4v) is 3.99. The van der Waals surface area contributed by atoms with Crippen molar-refractivity contribution in [2.24, 2.45) is 0 Å². The molecule has 2 amide bonds. The molecule has 0 radical (unpaired) electrons. The van der Waals surface area contributed by atoms with Crippen LogP contribution in [-0.2, 0) is 14.3 Å². The van der Waals surface area contributed by atoms with Crippen molar-refractivity contribution in [3.63, 3.8) is 0 Å². The summed E-state index contributed by atoms with van der Waals surface area (Å²) in [7, 11) is 0. The van der Waals surface area contributed by atoms with Gasteiger partial charge in [-0.3, -0.25) is 9.59 Å². The minimum Gasteiger partial charge on any atom is -0.481 e. The Morgan fingerprint density at radius 2 is 1.55 bits per heavy atom. The van der Waals surface area contributed by atoms with Crippen LogP contribution in [0, 0.1) is 0 Å². The molecule has 3 N–H and O–H groups in total. The third kappa shape index (κ3) is 6.06. The first-order valence-corrected chi connectivity index (χ1v) is 10.7. The van der Waals surface area contributed by atoms with Gasteiger partial charge in [-0.25, -0.2) is 13.6 Å². The van der Waals surface area contributed by atoms with Crippen LogP contribution in [0.5, 0.6) is 0 Å². The lowest BCUT2D eigenvalue weighted by Crippen LogP contribution is -2.45. The highest BCUT2D eigenvalue weighted by Gasteiger charge is 2.31. The number of ether oxygens (including phenoxy) is 1. The van der Waals surface area contributed by atoms with Crippen molar-refractivity contribution in [3.8, 4) is 11.1 Å². The number of benzene rings is 2. The molecule has 1 aliphatic rings. The van der Waals surface area contributed by atoms with Crippen LogP contribution in [0.1, 0.15) is 43.2 Å². The highest BCUT2D eigenvalue weighted by atomic mass is 19.3. The summed E-state index contributed by atoms with van der Waals surface area (Å²) in [5, 5.41) is 13.3. The average Bonchev–Trinajstić information content (AvgIpc) is 3.10. The van der Waals surface area contributed by atoms with Crippen molar-refractivity contribution in [3.05, 3.63) is 59.7 Å². The number of carbonyl (C=O) groups excluding carboxylic acids is 2. The van der Waals surface area contributed by atoms with Crippen LogP contribution in [0.15, 0.2) is 48.5 Å². The third-order valence-corrected chi connectivity index (χ3v) is 5.64. The molecule has 2 atom stereocenters. The Balaban J connectivity index is 1.59. The van der Waals surface area contributed by atoms with Crippen molar-refractivity contribution >= 4 is 18.0 Å². The monoisotopic (exact) mass is 460 g/mol. The van der Waals surface area contributed by atoms with Crippen LogP contribution >= 0.6 is 0 Å². The van der Waals surface area contributed by atoms with Crippen LogP contribution in [0.4, 0.5) is 13.6 Å². The number of nitrogens with one attached hydrogen (secondary N) is 2. The largest absolute Gasteiger partial charge is 0.481 e. The average molecular weight is 460 g/mol. The number of fused-ring (bicyclic) bond motifs is 3. The molecule has 176 valence electrons. The Morgan fingerprint density at radius 1 is 0.970 bits per heavy atom. The molecular formula is C24H26F2N2O5. The van der Waals surface area contributed by atoms with Gasteiger partial charge in [-0.1, -0.05) is 55.5 Å². The zero-order valence-electron chi connectivity index (χ0n) is 18.1. The summed E-state index contributed by atoms with van der Waals surface area (Å²) in [6.07, 6.45) is -4.74. The van der Waals surface area contributed by atoms with Crippen molar-refractivity contribution < 1.29 is 33.0 Å². The van der Waals surface area contributed by atoms with Crippen LogP contribution in [0.25, 0.3) is 11.1 Å². The van der Waals surface area contributed by atoms with Crippen LogP contribution in [0.3, 0.4) is 0 Å². The highest BCUT2D eigenvalue weighted by molar-refractivity contribution is 5.80. The molecule has 0 heterocycles. The molecule has 7 nitrogen and oxygen atoms in total. The lowest BCUT2D eigenvalue weighted by molar-refractivity contribution is -0.137. The zero-order valence-corrected chi connectivity index (χ0v) is 18.1. The van der Waals surface area contributed by atoms with Crippen molar-refractivity contribution in [1.82, 2.24) is 10.6 Å². The second-order valence-electron chi connectivity index (χ2n) is 7.89. The van der Waals surface area contributed by atoms with E-state index in [-0.39, 0.29) is 18.9 Å². The van der Waals surface area contributed by atoms with E-state index >= 15 is 0 Å². The maximum Gasteiger partial charge on any atom is 0.407 e. The number of alkyl halides is 2. The SMILES string of the molecule is CC[C@H](CC(=O)O)NC(=O)CC(NC(=O)OCC1c2ccccc2-c2ccccc21)C(F)F. The quantitative estimate of drug-likeness (QED) is 0.499. The van der Waals surface area contributed by atoms with Gasteiger partial charge in [-0.05, 0) is 28.7 Å². The normalized spacial score (nSPS) is 14.2. The lowest BCUT2D eigenvalue weighted by atomic mass is 9.98. The maximum atomic E-state index is 13.4. The van der Waals surface area contributed by atoms with Gasteiger partial charge in [0.15, 0.2) is 0 Å².